The van der Waals surface area contributed by atoms with Crippen molar-refractivity contribution >= 4 is 22.8 Å². The minimum Gasteiger partial charge on any atom is -0.464 e. The minimum absolute atomic E-state index is 0.0281. The topological polar surface area (TPSA) is 76.5 Å². The fourth-order valence-electron chi connectivity index (χ4n) is 3.71. The molecule has 0 bridgehead atoms. The van der Waals surface area contributed by atoms with Crippen molar-refractivity contribution in [1.82, 2.24) is 4.90 Å². The minimum atomic E-state index is -0.316. The van der Waals surface area contributed by atoms with Crippen molar-refractivity contribution in [2.45, 2.75) is 46.0 Å². The molecule has 1 aliphatic rings. The summed E-state index contributed by atoms with van der Waals surface area (Å²) in [6, 6.07) is 4.19. The third kappa shape index (κ3) is 3.55. The van der Waals surface area contributed by atoms with Gasteiger partial charge < -0.3 is 15.1 Å². The van der Waals surface area contributed by atoms with E-state index in [1.165, 1.54) is 11.1 Å². The average Bonchev–Trinajstić information content (AvgIpc) is 2.95. The van der Waals surface area contributed by atoms with E-state index in [-0.39, 0.29) is 17.7 Å². The average molecular weight is 342 g/mol. The second-order valence-corrected chi connectivity index (χ2v) is 7.38. The van der Waals surface area contributed by atoms with Gasteiger partial charge in [-0.25, -0.2) is 0 Å². The van der Waals surface area contributed by atoms with Gasteiger partial charge >= 0.3 is 0 Å². The van der Waals surface area contributed by atoms with Crippen molar-refractivity contribution in [2.24, 2.45) is 11.7 Å². The van der Waals surface area contributed by atoms with E-state index in [1.807, 2.05) is 6.07 Å². The molecule has 1 aromatic carbocycles. The molecular weight excluding hydrogens is 316 g/mol. The molecule has 0 aliphatic carbocycles. The van der Waals surface area contributed by atoms with Gasteiger partial charge in [0.1, 0.15) is 5.58 Å². The molecule has 134 valence electrons. The maximum Gasteiger partial charge on any atom is 0.227 e. The zero-order valence-corrected chi connectivity index (χ0v) is 15.2. The van der Waals surface area contributed by atoms with Crippen molar-refractivity contribution in [3.05, 3.63) is 35.1 Å². The summed E-state index contributed by atoms with van der Waals surface area (Å²) in [5.74, 6) is -0.0982. The van der Waals surface area contributed by atoms with Crippen LogP contribution in [0.25, 0.3) is 11.0 Å². The smallest absolute Gasteiger partial charge is 0.227 e. The Morgan fingerprint density at radius 2 is 2.12 bits per heavy atom. The Hall–Kier alpha value is -2.30. The molecule has 2 amide bonds. The number of nitrogens with two attached hydrogens (primary N) is 1. The van der Waals surface area contributed by atoms with Gasteiger partial charge in [0.25, 0.3) is 0 Å². The normalized spacial score (nSPS) is 18.1. The lowest BCUT2D eigenvalue weighted by molar-refractivity contribution is -0.134. The van der Waals surface area contributed by atoms with E-state index in [4.69, 9.17) is 10.2 Å². The maximum atomic E-state index is 12.7. The van der Waals surface area contributed by atoms with Crippen LogP contribution in [0.4, 0.5) is 0 Å². The number of hydrogen-bond acceptors (Lipinski definition) is 3. The van der Waals surface area contributed by atoms with Crippen LogP contribution in [0.2, 0.25) is 0 Å². The summed E-state index contributed by atoms with van der Waals surface area (Å²) in [5, 5.41) is 1.01. The Labute approximate surface area is 148 Å². The van der Waals surface area contributed by atoms with E-state index in [0.29, 0.717) is 25.4 Å². The zero-order chi connectivity index (χ0) is 18.1. The van der Waals surface area contributed by atoms with E-state index in [9.17, 15) is 9.59 Å². The highest BCUT2D eigenvalue weighted by molar-refractivity contribution is 5.89. The lowest BCUT2D eigenvalue weighted by Crippen LogP contribution is -2.44. The Balaban J connectivity index is 1.81. The monoisotopic (exact) mass is 342 g/mol. The molecule has 2 aromatic rings. The predicted octanol–water partition coefficient (Wildman–Crippen LogP) is 3.13. The van der Waals surface area contributed by atoms with Crippen LogP contribution >= 0.6 is 0 Å². The van der Waals surface area contributed by atoms with Crippen LogP contribution in [0.3, 0.4) is 0 Å². The van der Waals surface area contributed by atoms with Crippen molar-refractivity contribution < 1.29 is 14.0 Å². The largest absolute Gasteiger partial charge is 0.464 e. The number of hydrogen-bond donors (Lipinski definition) is 1. The standard InChI is InChI=1S/C20H26N2O3/c1-12(2)16-9-17-15(11-25-18(17)7-13(16)3)8-19(23)22-6-4-5-14(10-22)20(21)24/h7,9,11-12,14H,4-6,8,10H2,1-3H3,(H2,21,24)/t14-/m1/s1. The van der Waals surface area contributed by atoms with E-state index in [2.05, 4.69) is 26.8 Å². The van der Waals surface area contributed by atoms with Gasteiger partial charge in [0.15, 0.2) is 0 Å². The van der Waals surface area contributed by atoms with Gasteiger partial charge in [0.05, 0.1) is 18.6 Å². The van der Waals surface area contributed by atoms with Gasteiger partial charge in [-0.15, -0.1) is 0 Å². The summed E-state index contributed by atoms with van der Waals surface area (Å²) >= 11 is 0. The number of amides is 2. The second-order valence-electron chi connectivity index (χ2n) is 7.38. The number of benzene rings is 1. The fraction of sp³-hybridized carbons (Fsp3) is 0.500. The SMILES string of the molecule is Cc1cc2occ(CC(=O)N3CCC[C@@H](C(N)=O)C3)c2cc1C(C)C. The van der Waals surface area contributed by atoms with E-state index in [1.54, 1.807) is 11.2 Å². The van der Waals surface area contributed by atoms with E-state index in [0.717, 1.165) is 29.4 Å². The van der Waals surface area contributed by atoms with Crippen LogP contribution < -0.4 is 5.73 Å². The highest BCUT2D eigenvalue weighted by Crippen LogP contribution is 2.29. The number of aryl methyl sites for hydroxylation is 1. The summed E-state index contributed by atoms with van der Waals surface area (Å²) in [4.78, 5) is 25.9. The Morgan fingerprint density at radius 1 is 1.36 bits per heavy atom. The number of piperidine rings is 1. The number of primary amides is 1. The summed E-state index contributed by atoms with van der Waals surface area (Å²) in [6.07, 6.45) is 3.56. The van der Waals surface area contributed by atoms with Gasteiger partial charge in [0.2, 0.25) is 11.8 Å². The maximum absolute atomic E-state index is 12.7. The Morgan fingerprint density at radius 3 is 2.80 bits per heavy atom. The quantitative estimate of drug-likeness (QED) is 0.927. The number of carbonyl (C=O) groups excluding carboxylic acids is 2. The first-order chi connectivity index (χ1) is 11.9. The molecule has 0 radical (unpaired) electrons. The van der Waals surface area contributed by atoms with Crippen LogP contribution in [0.5, 0.6) is 0 Å². The highest BCUT2D eigenvalue weighted by atomic mass is 16.3. The molecule has 25 heavy (non-hydrogen) atoms. The van der Waals surface area contributed by atoms with E-state index < -0.39 is 0 Å². The molecule has 5 heteroatoms. The van der Waals surface area contributed by atoms with Crippen molar-refractivity contribution in [3.8, 4) is 0 Å². The van der Waals surface area contributed by atoms with Gasteiger partial charge in [-0.1, -0.05) is 13.8 Å². The molecular formula is C20H26N2O3. The lowest BCUT2D eigenvalue weighted by atomic mass is 9.94. The first-order valence-electron chi connectivity index (χ1n) is 8.94. The van der Waals surface area contributed by atoms with Crippen LogP contribution in [-0.2, 0) is 16.0 Å². The van der Waals surface area contributed by atoms with Crippen LogP contribution in [0.1, 0.15) is 49.3 Å². The zero-order valence-electron chi connectivity index (χ0n) is 15.2. The van der Waals surface area contributed by atoms with Crippen LogP contribution in [-0.4, -0.2) is 29.8 Å². The number of likely N-dealkylation sites (tertiary alicyclic amines) is 1. The lowest BCUT2D eigenvalue weighted by Gasteiger charge is -2.31. The predicted molar refractivity (Wildman–Crippen MR) is 97.2 cm³/mol. The fourth-order valence-corrected chi connectivity index (χ4v) is 3.71. The molecule has 2 heterocycles. The molecule has 2 N–H and O–H groups in total. The van der Waals surface area contributed by atoms with Gasteiger partial charge in [-0.2, -0.15) is 0 Å². The van der Waals surface area contributed by atoms with Crippen LogP contribution in [0.15, 0.2) is 22.8 Å². The van der Waals surface area contributed by atoms with Crippen molar-refractivity contribution in [2.75, 3.05) is 13.1 Å². The molecule has 0 saturated carbocycles. The van der Waals surface area contributed by atoms with Gasteiger partial charge in [-0.05, 0) is 48.9 Å². The molecule has 1 saturated heterocycles. The summed E-state index contributed by atoms with van der Waals surface area (Å²) in [5.41, 5.74) is 9.61. The Bertz CT molecular complexity index is 807. The number of rotatable bonds is 4. The molecule has 1 atom stereocenters. The number of fused-ring (bicyclic) bond motifs is 1. The summed E-state index contributed by atoms with van der Waals surface area (Å²) in [6.45, 7) is 7.53. The van der Waals surface area contributed by atoms with Crippen molar-refractivity contribution in [1.29, 1.82) is 0 Å². The second kappa shape index (κ2) is 6.90. The third-order valence-electron chi connectivity index (χ3n) is 5.18. The molecule has 1 aromatic heterocycles. The first-order valence-corrected chi connectivity index (χ1v) is 8.94. The number of nitrogens with zero attached hydrogens (tertiary/aromatic N) is 1. The molecule has 0 unspecified atom stereocenters. The summed E-state index contributed by atoms with van der Waals surface area (Å²) in [7, 11) is 0. The number of carbonyl (C=O) groups is 2. The van der Waals surface area contributed by atoms with Crippen molar-refractivity contribution in [3.63, 3.8) is 0 Å². The molecule has 3 rings (SSSR count). The number of furan rings is 1. The highest BCUT2D eigenvalue weighted by Gasteiger charge is 2.27. The van der Waals surface area contributed by atoms with Gasteiger partial charge in [-0.3, -0.25) is 9.59 Å². The summed E-state index contributed by atoms with van der Waals surface area (Å²) < 4.78 is 5.67. The van der Waals surface area contributed by atoms with E-state index >= 15 is 0 Å². The Kier molecular flexibility index (Phi) is 4.84. The third-order valence-corrected chi connectivity index (χ3v) is 5.18. The molecule has 0 spiro atoms. The first kappa shape index (κ1) is 17.5. The van der Waals surface area contributed by atoms with Crippen LogP contribution in [0, 0.1) is 12.8 Å². The molecule has 1 fully saturated rings. The molecule has 1 aliphatic heterocycles. The van der Waals surface area contributed by atoms with Gasteiger partial charge in [0, 0.05) is 24.0 Å². The molecule has 5 nitrogen and oxygen atoms in total.